The Hall–Kier alpha value is -1.84. The average molecular weight is 162 g/mol. The molecular weight excluding hydrogens is 156 g/mol. The monoisotopic (exact) mass is 162 g/mol. The van der Waals surface area contributed by atoms with Crippen LogP contribution in [0.2, 0.25) is 0 Å². The Morgan fingerprint density at radius 2 is 2.33 bits per heavy atom. The van der Waals surface area contributed by atoms with Gasteiger partial charge in [0.15, 0.2) is 12.1 Å². The first kappa shape index (κ1) is 6.84. The summed E-state index contributed by atoms with van der Waals surface area (Å²) in [6.45, 7) is 0. The van der Waals surface area contributed by atoms with Crippen LogP contribution in [0.15, 0.2) is 18.2 Å². The van der Waals surface area contributed by atoms with Gasteiger partial charge in [0.1, 0.15) is 11.3 Å². The quantitative estimate of drug-likeness (QED) is 0.616. The van der Waals surface area contributed by atoms with Gasteiger partial charge in [0.05, 0.1) is 5.52 Å². The van der Waals surface area contributed by atoms with Gasteiger partial charge in [0.25, 0.3) is 0 Å². The van der Waals surface area contributed by atoms with Crippen molar-refractivity contribution in [2.75, 3.05) is 0 Å². The van der Waals surface area contributed by atoms with E-state index in [-0.39, 0.29) is 11.6 Å². The zero-order chi connectivity index (χ0) is 8.55. The predicted molar refractivity (Wildman–Crippen MR) is 43.1 cm³/mol. The first-order valence-corrected chi connectivity index (χ1v) is 3.44. The highest BCUT2D eigenvalue weighted by atomic mass is 16.3. The summed E-state index contributed by atoms with van der Waals surface area (Å²) in [5.74, 6) is 0.309. The summed E-state index contributed by atoms with van der Waals surface area (Å²) >= 11 is 0. The molecule has 0 aliphatic heterocycles. The third-order valence-corrected chi connectivity index (χ3v) is 1.62. The maximum Gasteiger partial charge on any atom is 0.185 e. The fraction of sp³-hybridized carbons (Fsp3) is 0. The van der Waals surface area contributed by atoms with Crippen molar-refractivity contribution >= 4 is 17.3 Å². The number of nitrogens with one attached hydrogen (secondary N) is 1. The lowest BCUT2D eigenvalue weighted by Gasteiger charge is -1.89. The second kappa shape index (κ2) is 2.34. The summed E-state index contributed by atoms with van der Waals surface area (Å²) in [5, 5.41) is 9.28. The summed E-state index contributed by atoms with van der Waals surface area (Å²) in [6, 6.07) is 4.96. The molecule has 0 amide bonds. The number of imidazole rings is 1. The molecular formula is C8H6N2O2. The number of carbonyl (C=O) groups is 1. The summed E-state index contributed by atoms with van der Waals surface area (Å²) < 4.78 is 0. The van der Waals surface area contributed by atoms with Crippen LogP contribution in [0.25, 0.3) is 11.0 Å². The molecule has 2 aromatic rings. The third-order valence-electron chi connectivity index (χ3n) is 1.62. The molecule has 4 nitrogen and oxygen atoms in total. The van der Waals surface area contributed by atoms with Crippen molar-refractivity contribution in [3.8, 4) is 5.75 Å². The number of para-hydroxylation sites is 1. The van der Waals surface area contributed by atoms with E-state index in [0.717, 1.165) is 0 Å². The molecule has 0 atom stereocenters. The highest BCUT2D eigenvalue weighted by molar-refractivity contribution is 5.85. The molecule has 0 fully saturated rings. The number of benzene rings is 1. The lowest BCUT2D eigenvalue weighted by atomic mass is 10.3. The number of nitrogens with zero attached hydrogens (tertiary/aromatic N) is 1. The van der Waals surface area contributed by atoms with Crippen molar-refractivity contribution in [1.29, 1.82) is 0 Å². The van der Waals surface area contributed by atoms with Gasteiger partial charge in [-0.2, -0.15) is 0 Å². The molecule has 1 aromatic carbocycles. The Balaban J connectivity index is 2.82. The molecule has 12 heavy (non-hydrogen) atoms. The Kier molecular flexibility index (Phi) is 1.33. The highest BCUT2D eigenvalue weighted by Gasteiger charge is 2.04. The minimum absolute atomic E-state index is 0.0804. The minimum atomic E-state index is 0.0804. The number of fused-ring (bicyclic) bond motifs is 1. The molecule has 0 spiro atoms. The Labute approximate surface area is 67.9 Å². The summed E-state index contributed by atoms with van der Waals surface area (Å²) in [6.07, 6.45) is 0.611. The van der Waals surface area contributed by atoms with Crippen molar-refractivity contribution in [2.24, 2.45) is 0 Å². The average Bonchev–Trinajstić information content (AvgIpc) is 2.49. The maximum atomic E-state index is 10.3. The number of aromatic amines is 1. The van der Waals surface area contributed by atoms with Gasteiger partial charge in [-0.15, -0.1) is 0 Å². The van der Waals surface area contributed by atoms with Gasteiger partial charge < -0.3 is 10.1 Å². The third kappa shape index (κ3) is 0.852. The van der Waals surface area contributed by atoms with Gasteiger partial charge in [-0.25, -0.2) is 4.98 Å². The number of hydrogen-bond donors (Lipinski definition) is 2. The Bertz CT molecular complexity index is 434. The summed E-state index contributed by atoms with van der Waals surface area (Å²) in [4.78, 5) is 16.9. The molecule has 0 saturated carbocycles. The van der Waals surface area contributed by atoms with Gasteiger partial charge in [-0.05, 0) is 12.1 Å². The fourth-order valence-corrected chi connectivity index (χ4v) is 1.09. The second-order valence-corrected chi connectivity index (χ2v) is 2.41. The van der Waals surface area contributed by atoms with Crippen molar-refractivity contribution in [3.63, 3.8) is 0 Å². The topological polar surface area (TPSA) is 66.0 Å². The van der Waals surface area contributed by atoms with Crippen LogP contribution >= 0.6 is 0 Å². The second-order valence-electron chi connectivity index (χ2n) is 2.41. The van der Waals surface area contributed by atoms with Crippen LogP contribution in [-0.4, -0.2) is 21.4 Å². The van der Waals surface area contributed by atoms with Crippen LogP contribution in [0.5, 0.6) is 5.75 Å². The van der Waals surface area contributed by atoms with E-state index >= 15 is 0 Å². The van der Waals surface area contributed by atoms with E-state index in [1.165, 1.54) is 6.07 Å². The van der Waals surface area contributed by atoms with Gasteiger partial charge >= 0.3 is 0 Å². The molecule has 1 heterocycles. The van der Waals surface area contributed by atoms with Crippen molar-refractivity contribution < 1.29 is 9.90 Å². The zero-order valence-corrected chi connectivity index (χ0v) is 6.11. The standard InChI is InChI=1S/C8H6N2O2/c11-4-7-9-5-2-1-3-6(12)8(5)10-7/h1-4,12H,(H,9,10). The van der Waals surface area contributed by atoms with Crippen LogP contribution in [0.4, 0.5) is 0 Å². The smallest absolute Gasteiger partial charge is 0.185 e. The first-order chi connectivity index (χ1) is 5.81. The molecule has 0 unspecified atom stereocenters. The summed E-state index contributed by atoms with van der Waals surface area (Å²) in [5.41, 5.74) is 1.09. The number of phenols is 1. The van der Waals surface area contributed by atoms with Crippen molar-refractivity contribution in [3.05, 3.63) is 24.0 Å². The van der Waals surface area contributed by atoms with E-state index in [0.29, 0.717) is 17.3 Å². The molecule has 0 saturated heterocycles. The fourth-order valence-electron chi connectivity index (χ4n) is 1.09. The number of H-pyrrole nitrogens is 1. The number of rotatable bonds is 1. The largest absolute Gasteiger partial charge is 0.506 e. The highest BCUT2D eigenvalue weighted by Crippen LogP contribution is 2.20. The van der Waals surface area contributed by atoms with E-state index in [9.17, 15) is 9.90 Å². The molecule has 0 bridgehead atoms. The number of carbonyl (C=O) groups excluding carboxylic acids is 1. The molecule has 0 radical (unpaired) electrons. The lowest BCUT2D eigenvalue weighted by molar-refractivity contribution is 0.111. The van der Waals surface area contributed by atoms with E-state index < -0.39 is 0 Å². The molecule has 0 aliphatic rings. The molecule has 2 N–H and O–H groups in total. The Morgan fingerprint density at radius 1 is 1.50 bits per heavy atom. The van der Waals surface area contributed by atoms with E-state index in [4.69, 9.17) is 0 Å². The SMILES string of the molecule is O=Cc1nc2c(O)cccc2[nH]1. The molecule has 60 valence electrons. The number of phenolic OH excluding ortho intramolecular Hbond substituents is 1. The van der Waals surface area contributed by atoms with E-state index in [1.54, 1.807) is 12.1 Å². The lowest BCUT2D eigenvalue weighted by Crippen LogP contribution is -1.79. The molecule has 4 heteroatoms. The van der Waals surface area contributed by atoms with Crippen LogP contribution < -0.4 is 0 Å². The number of aromatic nitrogens is 2. The predicted octanol–water partition coefficient (Wildman–Crippen LogP) is 1.08. The van der Waals surface area contributed by atoms with Crippen molar-refractivity contribution in [1.82, 2.24) is 9.97 Å². The summed E-state index contributed by atoms with van der Waals surface area (Å²) in [7, 11) is 0. The number of hydrogen-bond acceptors (Lipinski definition) is 3. The van der Waals surface area contributed by atoms with Gasteiger partial charge in [0.2, 0.25) is 0 Å². The van der Waals surface area contributed by atoms with Gasteiger partial charge in [0, 0.05) is 0 Å². The van der Waals surface area contributed by atoms with Crippen LogP contribution in [-0.2, 0) is 0 Å². The Morgan fingerprint density at radius 3 is 3.00 bits per heavy atom. The molecule has 0 aliphatic carbocycles. The van der Waals surface area contributed by atoms with Gasteiger partial charge in [-0.1, -0.05) is 6.07 Å². The molecule has 1 aromatic heterocycles. The van der Waals surface area contributed by atoms with Crippen LogP contribution in [0.3, 0.4) is 0 Å². The number of aldehydes is 1. The van der Waals surface area contributed by atoms with E-state index in [1.807, 2.05) is 0 Å². The van der Waals surface area contributed by atoms with E-state index in [2.05, 4.69) is 9.97 Å². The normalized spacial score (nSPS) is 10.3. The van der Waals surface area contributed by atoms with Crippen LogP contribution in [0, 0.1) is 0 Å². The maximum absolute atomic E-state index is 10.3. The molecule has 2 rings (SSSR count). The van der Waals surface area contributed by atoms with Gasteiger partial charge in [-0.3, -0.25) is 4.79 Å². The first-order valence-electron chi connectivity index (χ1n) is 3.44. The van der Waals surface area contributed by atoms with Crippen LogP contribution in [0.1, 0.15) is 10.6 Å². The zero-order valence-electron chi connectivity index (χ0n) is 6.11. The van der Waals surface area contributed by atoms with Crippen molar-refractivity contribution in [2.45, 2.75) is 0 Å². The minimum Gasteiger partial charge on any atom is -0.506 e. The number of aromatic hydroxyl groups is 1.